The van der Waals surface area contributed by atoms with E-state index in [1.807, 2.05) is 91.7 Å². The Kier molecular flexibility index (Phi) is 8.75. The normalized spacial score (nSPS) is 11.1. The highest BCUT2D eigenvalue weighted by molar-refractivity contribution is 6.00. The Morgan fingerprint density at radius 3 is 2.35 bits per heavy atom. The number of rotatable bonds is 11. The maximum Gasteiger partial charge on any atom is 0.254 e. The second-order valence-corrected chi connectivity index (χ2v) is 9.51. The number of amides is 2. The number of aromatic nitrogens is 1. The van der Waals surface area contributed by atoms with Crippen LogP contribution in [0.3, 0.4) is 0 Å². The third-order valence-corrected chi connectivity index (χ3v) is 6.57. The Balaban J connectivity index is 1.51. The lowest BCUT2D eigenvalue weighted by Crippen LogP contribution is -2.46. The van der Waals surface area contributed by atoms with Crippen molar-refractivity contribution >= 4 is 22.6 Å². The van der Waals surface area contributed by atoms with E-state index in [2.05, 4.69) is 22.8 Å². The molecule has 0 bridgehead atoms. The molecule has 0 aliphatic heterocycles. The quantitative estimate of drug-likeness (QED) is 0.286. The largest absolute Gasteiger partial charge is 0.383 e. The van der Waals surface area contributed by atoms with Crippen molar-refractivity contribution in [3.8, 4) is 0 Å². The molecular formula is C31H35N3O3. The summed E-state index contributed by atoms with van der Waals surface area (Å²) in [5.41, 5.74) is 2.82. The highest BCUT2D eigenvalue weighted by Crippen LogP contribution is 2.18. The number of benzene rings is 3. The molecule has 37 heavy (non-hydrogen) atoms. The molecule has 6 heteroatoms. The molecule has 0 aliphatic carbocycles. The minimum absolute atomic E-state index is 0.00735. The second kappa shape index (κ2) is 12.4. The van der Waals surface area contributed by atoms with Gasteiger partial charge in [-0.2, -0.15) is 0 Å². The van der Waals surface area contributed by atoms with Gasteiger partial charge in [0.2, 0.25) is 5.91 Å². The van der Waals surface area contributed by atoms with Gasteiger partial charge < -0.3 is 19.1 Å². The van der Waals surface area contributed by atoms with Crippen LogP contribution in [0.1, 0.15) is 35.5 Å². The Labute approximate surface area is 219 Å². The zero-order valence-electron chi connectivity index (χ0n) is 21.8. The van der Waals surface area contributed by atoms with E-state index in [0.29, 0.717) is 25.3 Å². The molecular weight excluding hydrogens is 462 g/mol. The van der Waals surface area contributed by atoms with Gasteiger partial charge >= 0.3 is 0 Å². The van der Waals surface area contributed by atoms with Crippen LogP contribution in [0.2, 0.25) is 0 Å². The molecule has 2 amide bonds. The van der Waals surface area contributed by atoms with Crippen molar-refractivity contribution in [3.63, 3.8) is 0 Å². The van der Waals surface area contributed by atoms with E-state index in [9.17, 15) is 9.59 Å². The van der Waals surface area contributed by atoms with Crippen molar-refractivity contribution in [1.29, 1.82) is 0 Å². The van der Waals surface area contributed by atoms with E-state index in [1.165, 1.54) is 5.56 Å². The van der Waals surface area contributed by atoms with E-state index in [4.69, 9.17) is 4.74 Å². The van der Waals surface area contributed by atoms with Gasteiger partial charge in [0.1, 0.15) is 6.54 Å². The zero-order chi connectivity index (χ0) is 26.2. The van der Waals surface area contributed by atoms with Gasteiger partial charge in [0.15, 0.2) is 0 Å². The second-order valence-electron chi connectivity index (χ2n) is 9.51. The van der Waals surface area contributed by atoms with Crippen LogP contribution in [0.15, 0.2) is 91.1 Å². The Bertz CT molecular complexity index is 1330. The van der Waals surface area contributed by atoms with Gasteiger partial charge in [0.25, 0.3) is 5.91 Å². The minimum atomic E-state index is -0.174. The van der Waals surface area contributed by atoms with Crippen molar-refractivity contribution in [2.75, 3.05) is 26.8 Å². The number of carbonyl (C=O) groups excluding carboxylic acids is 2. The average molecular weight is 498 g/mol. The maximum atomic E-state index is 13.6. The van der Waals surface area contributed by atoms with Gasteiger partial charge in [-0.05, 0) is 54.4 Å². The van der Waals surface area contributed by atoms with Crippen LogP contribution < -0.4 is 0 Å². The van der Waals surface area contributed by atoms with Crippen LogP contribution in [-0.4, -0.2) is 59.0 Å². The fourth-order valence-electron chi connectivity index (χ4n) is 4.47. The zero-order valence-corrected chi connectivity index (χ0v) is 21.8. The van der Waals surface area contributed by atoms with Gasteiger partial charge in [0, 0.05) is 43.7 Å². The summed E-state index contributed by atoms with van der Waals surface area (Å²) < 4.78 is 7.42. The number of nitrogens with zero attached hydrogens (tertiary/aromatic N) is 3. The van der Waals surface area contributed by atoms with Crippen molar-refractivity contribution in [2.45, 2.75) is 33.0 Å². The molecule has 4 aromatic rings. The molecule has 3 aromatic carbocycles. The first-order valence-electron chi connectivity index (χ1n) is 12.7. The lowest BCUT2D eigenvalue weighted by molar-refractivity contribution is -0.134. The molecule has 0 fully saturated rings. The summed E-state index contributed by atoms with van der Waals surface area (Å²) >= 11 is 0. The number of ether oxygens (including phenoxy) is 1. The SMILES string of the molecule is COCCN(CC(=O)N(Cc1cccn1Cc1ccccc1)C(C)C)C(=O)c1ccc2ccccc2c1. The lowest BCUT2D eigenvalue weighted by Gasteiger charge is -2.31. The summed E-state index contributed by atoms with van der Waals surface area (Å²) in [7, 11) is 1.60. The number of hydrogen-bond donors (Lipinski definition) is 0. The van der Waals surface area contributed by atoms with Crippen molar-refractivity contribution in [2.24, 2.45) is 0 Å². The molecule has 0 saturated carbocycles. The predicted molar refractivity (Wildman–Crippen MR) is 147 cm³/mol. The Morgan fingerprint density at radius 2 is 1.62 bits per heavy atom. The number of hydrogen-bond acceptors (Lipinski definition) is 3. The van der Waals surface area contributed by atoms with Gasteiger partial charge in [-0.3, -0.25) is 9.59 Å². The van der Waals surface area contributed by atoms with Gasteiger partial charge in [0.05, 0.1) is 13.2 Å². The van der Waals surface area contributed by atoms with Gasteiger partial charge in [-0.1, -0.05) is 60.7 Å². The summed E-state index contributed by atoms with van der Waals surface area (Å²) in [4.78, 5) is 30.5. The highest BCUT2D eigenvalue weighted by Gasteiger charge is 2.25. The molecule has 1 aromatic heterocycles. The summed E-state index contributed by atoms with van der Waals surface area (Å²) in [6.45, 7) is 5.91. The number of methoxy groups -OCH3 is 1. The van der Waals surface area contributed by atoms with E-state index in [0.717, 1.165) is 23.0 Å². The molecule has 0 unspecified atom stereocenters. The smallest absolute Gasteiger partial charge is 0.254 e. The molecule has 0 spiro atoms. The van der Waals surface area contributed by atoms with Crippen LogP contribution in [0.25, 0.3) is 10.8 Å². The molecule has 6 nitrogen and oxygen atoms in total. The van der Waals surface area contributed by atoms with Crippen LogP contribution >= 0.6 is 0 Å². The molecule has 0 saturated heterocycles. The van der Waals surface area contributed by atoms with Crippen LogP contribution in [0.4, 0.5) is 0 Å². The van der Waals surface area contributed by atoms with Crippen LogP contribution in [0, 0.1) is 0 Å². The van der Waals surface area contributed by atoms with Crippen molar-refractivity contribution < 1.29 is 14.3 Å². The first-order chi connectivity index (χ1) is 18.0. The topological polar surface area (TPSA) is 54.8 Å². The van der Waals surface area contributed by atoms with Crippen molar-refractivity contribution in [1.82, 2.24) is 14.4 Å². The summed E-state index contributed by atoms with van der Waals surface area (Å²) in [5, 5.41) is 2.07. The van der Waals surface area contributed by atoms with E-state index in [-0.39, 0.29) is 24.4 Å². The predicted octanol–water partition coefficient (Wildman–Crippen LogP) is 5.22. The van der Waals surface area contributed by atoms with Gasteiger partial charge in [-0.15, -0.1) is 0 Å². The summed E-state index contributed by atoms with van der Waals surface area (Å²) in [6, 6.07) is 27.9. The Morgan fingerprint density at radius 1 is 0.892 bits per heavy atom. The van der Waals surface area contributed by atoms with E-state index in [1.54, 1.807) is 12.0 Å². The number of carbonyl (C=O) groups is 2. The Hall–Kier alpha value is -3.90. The van der Waals surface area contributed by atoms with Crippen molar-refractivity contribution in [3.05, 3.63) is 108 Å². The summed E-state index contributed by atoms with van der Waals surface area (Å²) in [5.74, 6) is -0.264. The van der Waals surface area contributed by atoms with Gasteiger partial charge in [-0.25, -0.2) is 0 Å². The van der Waals surface area contributed by atoms with Crippen LogP contribution in [-0.2, 0) is 22.6 Å². The number of fused-ring (bicyclic) bond motifs is 1. The molecule has 0 aliphatic rings. The first-order valence-corrected chi connectivity index (χ1v) is 12.7. The van der Waals surface area contributed by atoms with E-state index < -0.39 is 0 Å². The molecule has 0 radical (unpaired) electrons. The average Bonchev–Trinajstić information content (AvgIpc) is 3.35. The minimum Gasteiger partial charge on any atom is -0.383 e. The highest BCUT2D eigenvalue weighted by atomic mass is 16.5. The van der Waals surface area contributed by atoms with E-state index >= 15 is 0 Å². The molecule has 1 heterocycles. The molecule has 192 valence electrons. The monoisotopic (exact) mass is 497 g/mol. The summed E-state index contributed by atoms with van der Waals surface area (Å²) in [6.07, 6.45) is 2.04. The van der Waals surface area contributed by atoms with Crippen LogP contribution in [0.5, 0.6) is 0 Å². The first kappa shape index (κ1) is 26.2. The third kappa shape index (κ3) is 6.66. The molecule has 0 N–H and O–H groups in total. The fraction of sp³-hybridized carbons (Fsp3) is 0.290. The standard InChI is InChI=1S/C31H35N3O3/c1-24(2)34(22-29-14-9-17-32(29)21-25-10-5-4-6-11-25)30(35)23-33(18-19-37-3)31(36)28-16-15-26-12-7-8-13-27(26)20-28/h4-17,20,24H,18-19,21-23H2,1-3H3. The molecule has 0 atom stereocenters. The third-order valence-electron chi connectivity index (χ3n) is 6.57. The fourth-order valence-corrected chi connectivity index (χ4v) is 4.47. The molecule has 4 rings (SSSR count). The lowest BCUT2D eigenvalue weighted by atomic mass is 10.1. The maximum absolute atomic E-state index is 13.6.